The molecule has 8 heteroatoms. The lowest BCUT2D eigenvalue weighted by atomic mass is 10.1. The van der Waals surface area contributed by atoms with Gasteiger partial charge >= 0.3 is 12.1 Å². The highest BCUT2D eigenvalue weighted by Gasteiger charge is 2.39. The number of hydrogen-bond acceptors (Lipinski definition) is 4. The Kier molecular flexibility index (Phi) is 5.55. The minimum Gasteiger partial charge on any atom is -0.481 e. The molecule has 0 N–H and O–H groups in total. The molecule has 0 atom stereocenters. The molecule has 0 heterocycles. The minimum absolute atomic E-state index is 0.136. The van der Waals surface area contributed by atoms with Gasteiger partial charge in [0.2, 0.25) is 0 Å². The van der Waals surface area contributed by atoms with E-state index in [0.29, 0.717) is 0 Å². The summed E-state index contributed by atoms with van der Waals surface area (Å²) in [6.07, 6.45) is -4.94. The van der Waals surface area contributed by atoms with Crippen molar-refractivity contribution in [2.24, 2.45) is 0 Å². The molecule has 0 saturated heterocycles. The maximum absolute atomic E-state index is 12.2. The van der Waals surface area contributed by atoms with Crippen LogP contribution in [-0.2, 0) is 9.53 Å². The number of ketones is 1. The van der Waals surface area contributed by atoms with Gasteiger partial charge in [-0.1, -0.05) is 0 Å². The lowest BCUT2D eigenvalue weighted by Gasteiger charge is -2.10. The minimum atomic E-state index is -4.94. The predicted octanol–water partition coefficient (Wildman–Crippen LogP) is 3.14. The van der Waals surface area contributed by atoms with E-state index in [2.05, 4.69) is 20.7 Å². The number of rotatable bonds is 5. The van der Waals surface area contributed by atoms with Crippen LogP contribution in [0.4, 0.5) is 13.2 Å². The normalized spacial score (nSPS) is 11.1. The molecule has 0 bridgehead atoms. The summed E-state index contributed by atoms with van der Waals surface area (Å²) in [5.41, 5.74) is -0.521. The lowest BCUT2D eigenvalue weighted by molar-refractivity contribution is -0.145. The highest BCUT2D eigenvalue weighted by atomic mass is 79.9. The molecule has 4 nitrogen and oxygen atoms in total. The third-order valence-corrected chi connectivity index (χ3v) is 2.72. The second-order valence-corrected chi connectivity index (χ2v) is 4.42. The molecule has 0 spiro atoms. The number of alkyl halides is 3. The van der Waals surface area contributed by atoms with Gasteiger partial charge in [-0.25, -0.2) is 4.79 Å². The maximum Gasteiger partial charge on any atom is 0.454 e. The molecule has 1 aromatic rings. The van der Waals surface area contributed by atoms with Gasteiger partial charge in [-0.3, -0.25) is 4.79 Å². The van der Waals surface area contributed by atoms with Crippen LogP contribution in [0.15, 0.2) is 22.7 Å². The molecule has 1 rings (SSSR count). The summed E-state index contributed by atoms with van der Waals surface area (Å²) in [5.74, 6) is -2.42. The van der Waals surface area contributed by atoms with E-state index in [9.17, 15) is 22.8 Å². The quantitative estimate of drug-likeness (QED) is 0.602. The van der Waals surface area contributed by atoms with E-state index in [0.717, 1.165) is 12.1 Å². The molecule has 0 unspecified atom stereocenters. The summed E-state index contributed by atoms with van der Waals surface area (Å²) in [6, 6.07) is 3.12. The molecule has 0 saturated carbocycles. The Labute approximate surface area is 121 Å². The first kappa shape index (κ1) is 16.5. The van der Waals surface area contributed by atoms with Gasteiger partial charge in [-0.15, -0.1) is 0 Å². The highest BCUT2D eigenvalue weighted by Crippen LogP contribution is 2.29. The van der Waals surface area contributed by atoms with Crippen molar-refractivity contribution in [1.29, 1.82) is 0 Å². The van der Waals surface area contributed by atoms with Crippen molar-refractivity contribution >= 4 is 27.7 Å². The van der Waals surface area contributed by atoms with Gasteiger partial charge in [0, 0.05) is 5.56 Å². The average molecular weight is 355 g/mol. The van der Waals surface area contributed by atoms with Crippen LogP contribution in [0.5, 0.6) is 5.75 Å². The van der Waals surface area contributed by atoms with Crippen LogP contribution < -0.4 is 4.74 Å². The fraction of sp³-hybridized carbons (Fsp3) is 0.333. The fourth-order valence-electron chi connectivity index (χ4n) is 1.26. The fourth-order valence-corrected chi connectivity index (χ4v) is 1.76. The summed E-state index contributed by atoms with van der Waals surface area (Å²) in [5, 5.41) is 0. The smallest absolute Gasteiger partial charge is 0.454 e. The third-order valence-electron chi connectivity index (χ3n) is 2.10. The molecule has 0 aliphatic heterocycles. The number of carbonyl (C=O) groups excluding carboxylic acids is 2. The molecule has 0 aromatic heterocycles. The van der Waals surface area contributed by atoms with Crippen LogP contribution >= 0.6 is 15.9 Å². The monoisotopic (exact) mass is 354 g/mol. The van der Waals surface area contributed by atoms with Gasteiger partial charge in [-0.05, 0) is 41.1 Å². The van der Waals surface area contributed by atoms with E-state index in [1.807, 2.05) is 0 Å². The number of halogens is 4. The van der Waals surface area contributed by atoms with E-state index in [4.69, 9.17) is 4.74 Å². The van der Waals surface area contributed by atoms with Crippen LogP contribution in [0.25, 0.3) is 0 Å². The Morgan fingerprint density at radius 2 is 1.95 bits per heavy atom. The Bertz CT molecular complexity index is 514. The lowest BCUT2D eigenvalue weighted by Crippen LogP contribution is -2.22. The maximum atomic E-state index is 12.2. The number of esters is 1. The number of ether oxygens (including phenoxy) is 2. The topological polar surface area (TPSA) is 52.6 Å². The van der Waals surface area contributed by atoms with Crippen LogP contribution in [0.3, 0.4) is 0 Å². The van der Waals surface area contributed by atoms with Crippen molar-refractivity contribution in [3.8, 4) is 5.75 Å². The largest absolute Gasteiger partial charge is 0.481 e. The van der Waals surface area contributed by atoms with E-state index in [1.165, 1.54) is 6.07 Å². The number of hydrogen-bond donors (Lipinski definition) is 0. The number of Topliss-reactive ketones (excluding diaryl/α,β-unsaturated/α-hetero) is 1. The first-order valence-electron chi connectivity index (χ1n) is 5.45. The zero-order chi connectivity index (χ0) is 15.3. The molecule has 110 valence electrons. The highest BCUT2D eigenvalue weighted by molar-refractivity contribution is 9.10. The van der Waals surface area contributed by atoms with Gasteiger partial charge in [0.05, 0.1) is 11.1 Å². The summed E-state index contributed by atoms with van der Waals surface area (Å²) in [4.78, 5) is 22.1. The van der Waals surface area contributed by atoms with Crippen LogP contribution in [0.2, 0.25) is 0 Å². The van der Waals surface area contributed by atoms with Gasteiger partial charge in [0.1, 0.15) is 5.75 Å². The standard InChI is InChI=1S/C12H10BrF3O4/c1-2-19-10(17)6-20-9-4-3-7(5-8(9)13)11(18)12(14,15)16/h3-5H,2,6H2,1H3. The Balaban J connectivity index is 2.79. The number of benzene rings is 1. The van der Waals surface area contributed by atoms with Crippen molar-refractivity contribution in [1.82, 2.24) is 0 Å². The second kappa shape index (κ2) is 6.74. The third kappa shape index (κ3) is 4.52. The van der Waals surface area contributed by atoms with Gasteiger partial charge in [0.25, 0.3) is 5.78 Å². The van der Waals surface area contributed by atoms with E-state index in [-0.39, 0.29) is 23.4 Å². The summed E-state index contributed by atoms with van der Waals surface area (Å²) < 4.78 is 46.6. The van der Waals surface area contributed by atoms with Crippen LogP contribution in [0, 0.1) is 0 Å². The van der Waals surface area contributed by atoms with Crippen molar-refractivity contribution in [2.45, 2.75) is 13.1 Å². The number of carbonyl (C=O) groups is 2. The van der Waals surface area contributed by atoms with E-state index in [1.54, 1.807) is 6.92 Å². The van der Waals surface area contributed by atoms with Gasteiger partial charge in [0.15, 0.2) is 6.61 Å². The van der Waals surface area contributed by atoms with Crippen molar-refractivity contribution in [3.05, 3.63) is 28.2 Å². The van der Waals surface area contributed by atoms with Crippen molar-refractivity contribution < 1.29 is 32.2 Å². The molecular formula is C12H10BrF3O4. The Hall–Kier alpha value is -1.57. The molecule has 0 radical (unpaired) electrons. The molecule has 0 aliphatic rings. The zero-order valence-corrected chi connectivity index (χ0v) is 11.9. The summed E-state index contributed by atoms with van der Waals surface area (Å²) in [7, 11) is 0. The summed E-state index contributed by atoms with van der Waals surface area (Å²) in [6.45, 7) is 1.45. The predicted molar refractivity (Wildman–Crippen MR) is 66.7 cm³/mol. The van der Waals surface area contributed by atoms with E-state index < -0.39 is 23.5 Å². The second-order valence-electron chi connectivity index (χ2n) is 3.57. The first-order valence-corrected chi connectivity index (χ1v) is 6.24. The van der Waals surface area contributed by atoms with Crippen molar-refractivity contribution in [2.75, 3.05) is 13.2 Å². The average Bonchev–Trinajstić information content (AvgIpc) is 2.35. The van der Waals surface area contributed by atoms with Gasteiger partial charge in [-0.2, -0.15) is 13.2 Å². The van der Waals surface area contributed by atoms with E-state index >= 15 is 0 Å². The Morgan fingerprint density at radius 1 is 1.30 bits per heavy atom. The SMILES string of the molecule is CCOC(=O)COc1ccc(C(=O)C(F)(F)F)cc1Br. The zero-order valence-electron chi connectivity index (χ0n) is 10.3. The molecule has 20 heavy (non-hydrogen) atoms. The Morgan fingerprint density at radius 3 is 2.45 bits per heavy atom. The van der Waals surface area contributed by atoms with Crippen molar-refractivity contribution in [3.63, 3.8) is 0 Å². The molecular weight excluding hydrogens is 345 g/mol. The molecule has 0 aliphatic carbocycles. The molecule has 0 amide bonds. The first-order chi connectivity index (χ1) is 9.25. The molecule has 1 aromatic carbocycles. The van der Waals surface area contributed by atoms with Crippen LogP contribution in [0.1, 0.15) is 17.3 Å². The van der Waals surface area contributed by atoms with Crippen LogP contribution in [-0.4, -0.2) is 31.1 Å². The molecule has 0 fully saturated rings. The summed E-state index contributed by atoms with van der Waals surface area (Å²) >= 11 is 2.97. The van der Waals surface area contributed by atoms with Gasteiger partial charge < -0.3 is 9.47 Å².